The Bertz CT molecular complexity index is 1280. The number of hydrogen-bond acceptors (Lipinski definition) is 4. The van der Waals surface area contributed by atoms with Crippen LogP contribution in [0.3, 0.4) is 0 Å². The van der Waals surface area contributed by atoms with Gasteiger partial charge < -0.3 is 10.1 Å². The Hall–Kier alpha value is -3.32. The number of aryl methyl sites for hydroxylation is 3. The van der Waals surface area contributed by atoms with Crippen LogP contribution in [-0.4, -0.2) is 28.0 Å². The normalized spacial score (nSPS) is 11.4. The molecule has 0 aliphatic heterocycles. The van der Waals surface area contributed by atoms with Gasteiger partial charge in [0, 0.05) is 5.69 Å². The minimum Gasteiger partial charge on any atom is -0.495 e. The summed E-state index contributed by atoms with van der Waals surface area (Å²) in [7, 11) is -2.68. The number of nitrogens with zero attached hydrogens (tertiary/aromatic N) is 1. The maximum absolute atomic E-state index is 13.8. The van der Waals surface area contributed by atoms with Crippen LogP contribution < -0.4 is 14.4 Å². The van der Waals surface area contributed by atoms with Crippen molar-refractivity contribution in [2.75, 3.05) is 23.3 Å². The standard InChI is InChI=1S/C27H32N2O4S/c1-18(2)23-9-7-8-21(5)27(23)28-26(30)17-29(22-13-10-19(3)11-14-22)34(31,32)25-16-20(4)12-15-24(25)33-6/h7-16,18H,17H2,1-6H3,(H,28,30). The highest BCUT2D eigenvalue weighted by Crippen LogP contribution is 2.32. The molecule has 3 aromatic carbocycles. The summed E-state index contributed by atoms with van der Waals surface area (Å²) in [6.45, 7) is 9.38. The monoisotopic (exact) mass is 480 g/mol. The molecular formula is C27H32N2O4S. The Labute approximate surface area is 202 Å². The van der Waals surface area contributed by atoms with E-state index in [9.17, 15) is 13.2 Å². The van der Waals surface area contributed by atoms with Crippen LogP contribution in [0.4, 0.5) is 11.4 Å². The Balaban J connectivity index is 2.05. The molecule has 0 radical (unpaired) electrons. The van der Waals surface area contributed by atoms with Crippen LogP contribution in [0.15, 0.2) is 65.6 Å². The number of ether oxygens (including phenoxy) is 1. The van der Waals surface area contributed by atoms with Gasteiger partial charge in [-0.1, -0.05) is 55.8 Å². The highest BCUT2D eigenvalue weighted by atomic mass is 32.2. The maximum Gasteiger partial charge on any atom is 0.268 e. The van der Waals surface area contributed by atoms with Crippen molar-refractivity contribution in [3.8, 4) is 5.75 Å². The van der Waals surface area contributed by atoms with Crippen LogP contribution in [0.25, 0.3) is 0 Å². The number of para-hydroxylation sites is 1. The average Bonchev–Trinajstić information content (AvgIpc) is 2.79. The molecule has 34 heavy (non-hydrogen) atoms. The van der Waals surface area contributed by atoms with Crippen molar-refractivity contribution < 1.29 is 17.9 Å². The lowest BCUT2D eigenvalue weighted by Crippen LogP contribution is -2.38. The van der Waals surface area contributed by atoms with E-state index in [4.69, 9.17) is 4.74 Å². The first-order chi connectivity index (χ1) is 16.0. The zero-order valence-electron chi connectivity index (χ0n) is 20.5. The van der Waals surface area contributed by atoms with Crippen LogP contribution in [0, 0.1) is 20.8 Å². The number of amides is 1. The van der Waals surface area contributed by atoms with Crippen molar-refractivity contribution in [3.63, 3.8) is 0 Å². The number of benzene rings is 3. The molecule has 3 rings (SSSR count). The van der Waals surface area contributed by atoms with E-state index in [2.05, 4.69) is 19.2 Å². The molecule has 0 aromatic heterocycles. The summed E-state index contributed by atoms with van der Waals surface area (Å²) in [5.41, 5.74) is 4.80. The number of rotatable bonds is 8. The third kappa shape index (κ3) is 5.42. The van der Waals surface area contributed by atoms with Gasteiger partial charge in [-0.25, -0.2) is 8.42 Å². The predicted molar refractivity (Wildman–Crippen MR) is 137 cm³/mol. The Morgan fingerprint density at radius 1 is 0.971 bits per heavy atom. The van der Waals surface area contributed by atoms with Crippen LogP contribution in [-0.2, 0) is 14.8 Å². The summed E-state index contributed by atoms with van der Waals surface area (Å²) in [4.78, 5) is 13.3. The fraction of sp³-hybridized carbons (Fsp3) is 0.296. The van der Waals surface area contributed by atoms with Crippen molar-refractivity contribution in [2.45, 2.75) is 45.4 Å². The lowest BCUT2D eigenvalue weighted by molar-refractivity contribution is -0.114. The maximum atomic E-state index is 13.8. The van der Waals surface area contributed by atoms with Crippen LogP contribution in [0.5, 0.6) is 5.75 Å². The van der Waals surface area contributed by atoms with Crippen LogP contribution in [0.1, 0.15) is 42.0 Å². The quantitative estimate of drug-likeness (QED) is 0.457. The molecule has 0 aliphatic rings. The van der Waals surface area contributed by atoms with Crippen molar-refractivity contribution in [3.05, 3.63) is 82.9 Å². The van der Waals surface area contributed by atoms with Gasteiger partial charge in [0.05, 0.1) is 12.8 Å². The second-order valence-electron chi connectivity index (χ2n) is 8.74. The van der Waals surface area contributed by atoms with E-state index in [1.807, 2.05) is 51.1 Å². The predicted octanol–water partition coefficient (Wildman–Crippen LogP) is 5.58. The molecular weight excluding hydrogens is 448 g/mol. The van der Waals surface area contributed by atoms with Gasteiger partial charge in [-0.3, -0.25) is 9.10 Å². The van der Waals surface area contributed by atoms with Gasteiger partial charge in [0.15, 0.2) is 0 Å². The average molecular weight is 481 g/mol. The summed E-state index contributed by atoms with van der Waals surface area (Å²) in [6, 6.07) is 17.9. The second kappa shape index (κ2) is 10.3. The van der Waals surface area contributed by atoms with E-state index >= 15 is 0 Å². The van der Waals surface area contributed by atoms with Crippen LogP contribution in [0.2, 0.25) is 0 Å². The molecule has 0 aliphatic carbocycles. The number of hydrogen-bond donors (Lipinski definition) is 1. The SMILES string of the molecule is COc1ccc(C)cc1S(=O)(=O)N(CC(=O)Nc1c(C)cccc1C(C)C)c1ccc(C)cc1. The van der Waals surface area contributed by atoms with Crippen LogP contribution >= 0.6 is 0 Å². The summed E-state index contributed by atoms with van der Waals surface area (Å²) in [6.07, 6.45) is 0. The van der Waals surface area contributed by atoms with E-state index in [0.717, 1.165) is 32.2 Å². The van der Waals surface area contributed by atoms with Crippen molar-refractivity contribution in [2.24, 2.45) is 0 Å². The van der Waals surface area contributed by atoms with E-state index < -0.39 is 15.9 Å². The van der Waals surface area contributed by atoms with E-state index in [1.165, 1.54) is 7.11 Å². The molecule has 6 nitrogen and oxygen atoms in total. The largest absolute Gasteiger partial charge is 0.495 e. The second-order valence-corrected chi connectivity index (χ2v) is 10.6. The lowest BCUT2D eigenvalue weighted by atomic mass is 9.98. The number of nitrogens with one attached hydrogen (secondary N) is 1. The van der Waals surface area contributed by atoms with Gasteiger partial charge in [0.2, 0.25) is 5.91 Å². The van der Waals surface area contributed by atoms with Gasteiger partial charge in [-0.2, -0.15) is 0 Å². The van der Waals surface area contributed by atoms with E-state index in [1.54, 1.807) is 30.3 Å². The van der Waals surface area contributed by atoms with Crippen molar-refractivity contribution >= 4 is 27.3 Å². The molecule has 0 spiro atoms. The molecule has 180 valence electrons. The van der Waals surface area contributed by atoms with Gasteiger partial charge in [-0.15, -0.1) is 0 Å². The summed E-state index contributed by atoms with van der Waals surface area (Å²) >= 11 is 0. The fourth-order valence-electron chi connectivity index (χ4n) is 3.78. The number of carbonyl (C=O) groups excluding carboxylic acids is 1. The molecule has 0 atom stereocenters. The minimum absolute atomic E-state index is 0.0159. The first-order valence-electron chi connectivity index (χ1n) is 11.2. The smallest absolute Gasteiger partial charge is 0.268 e. The van der Waals surface area contributed by atoms with Crippen molar-refractivity contribution in [1.82, 2.24) is 0 Å². The molecule has 0 fully saturated rings. The van der Waals surface area contributed by atoms with E-state index in [-0.39, 0.29) is 23.1 Å². The molecule has 0 heterocycles. The zero-order chi connectivity index (χ0) is 25.0. The number of sulfonamides is 1. The molecule has 0 saturated carbocycles. The number of methoxy groups -OCH3 is 1. The summed E-state index contributed by atoms with van der Waals surface area (Å²) in [5, 5.41) is 2.96. The summed E-state index contributed by atoms with van der Waals surface area (Å²) in [5.74, 6) is -0.000207. The number of carbonyl (C=O) groups is 1. The Morgan fingerprint density at radius 2 is 1.62 bits per heavy atom. The van der Waals surface area contributed by atoms with Crippen molar-refractivity contribution in [1.29, 1.82) is 0 Å². The lowest BCUT2D eigenvalue weighted by Gasteiger charge is -2.26. The molecule has 7 heteroatoms. The molecule has 1 amide bonds. The molecule has 3 aromatic rings. The minimum atomic E-state index is -4.11. The Morgan fingerprint density at radius 3 is 2.24 bits per heavy atom. The van der Waals surface area contributed by atoms with Gasteiger partial charge >= 0.3 is 0 Å². The molecule has 0 saturated heterocycles. The van der Waals surface area contributed by atoms with Gasteiger partial charge in [-0.05, 0) is 67.6 Å². The van der Waals surface area contributed by atoms with Gasteiger partial charge in [0.25, 0.3) is 10.0 Å². The molecule has 0 bridgehead atoms. The van der Waals surface area contributed by atoms with E-state index in [0.29, 0.717) is 5.69 Å². The summed E-state index contributed by atoms with van der Waals surface area (Å²) < 4.78 is 34.2. The van der Waals surface area contributed by atoms with Gasteiger partial charge in [0.1, 0.15) is 17.2 Å². The third-order valence-corrected chi connectivity index (χ3v) is 7.48. The molecule has 0 unspecified atom stereocenters. The zero-order valence-corrected chi connectivity index (χ0v) is 21.4. The topological polar surface area (TPSA) is 75.7 Å². The number of anilines is 2. The Kier molecular flexibility index (Phi) is 7.67. The first-order valence-corrected chi connectivity index (χ1v) is 12.6. The highest BCUT2D eigenvalue weighted by molar-refractivity contribution is 7.93. The fourth-order valence-corrected chi connectivity index (χ4v) is 5.45. The third-order valence-electron chi connectivity index (χ3n) is 5.69. The molecule has 1 N–H and O–H groups in total. The first kappa shape index (κ1) is 25.3. The highest BCUT2D eigenvalue weighted by Gasteiger charge is 2.30.